The van der Waals surface area contributed by atoms with Crippen molar-refractivity contribution >= 4 is 23.4 Å². The van der Waals surface area contributed by atoms with Gasteiger partial charge in [-0.05, 0) is 62.2 Å². The van der Waals surface area contributed by atoms with Gasteiger partial charge in [-0.25, -0.2) is 0 Å². The van der Waals surface area contributed by atoms with Gasteiger partial charge in [0.2, 0.25) is 0 Å². The maximum absolute atomic E-state index is 12.2. The third-order valence-electron chi connectivity index (χ3n) is 3.82. The highest BCUT2D eigenvalue weighted by molar-refractivity contribution is 6.31. The van der Waals surface area contributed by atoms with Crippen LogP contribution in [0.5, 0.6) is 11.5 Å². The van der Waals surface area contributed by atoms with Crippen LogP contribution in [0.1, 0.15) is 36.2 Å². The number of amides is 2. The lowest BCUT2D eigenvalue weighted by atomic mass is 10.2. The van der Waals surface area contributed by atoms with Crippen molar-refractivity contribution in [3.05, 3.63) is 58.6 Å². The van der Waals surface area contributed by atoms with E-state index in [-0.39, 0.29) is 12.7 Å². The van der Waals surface area contributed by atoms with Crippen molar-refractivity contribution in [1.29, 1.82) is 0 Å². The molecule has 0 saturated carbocycles. The molecule has 0 aliphatic rings. The van der Waals surface area contributed by atoms with E-state index in [0.29, 0.717) is 22.1 Å². The van der Waals surface area contributed by atoms with Crippen molar-refractivity contribution in [1.82, 2.24) is 10.9 Å². The Morgan fingerprint density at radius 1 is 1.11 bits per heavy atom. The Morgan fingerprint density at radius 3 is 2.59 bits per heavy atom. The van der Waals surface area contributed by atoms with Crippen molar-refractivity contribution in [2.45, 2.75) is 33.3 Å². The Morgan fingerprint density at radius 2 is 1.89 bits per heavy atom. The van der Waals surface area contributed by atoms with E-state index in [4.69, 9.17) is 21.1 Å². The second kappa shape index (κ2) is 9.83. The molecule has 6 nitrogen and oxygen atoms in total. The Hall–Kier alpha value is -2.73. The van der Waals surface area contributed by atoms with Crippen molar-refractivity contribution in [3.63, 3.8) is 0 Å². The van der Waals surface area contributed by atoms with E-state index in [1.165, 1.54) is 0 Å². The molecule has 0 aliphatic heterocycles. The molecule has 0 spiro atoms. The molecule has 27 heavy (non-hydrogen) atoms. The highest BCUT2D eigenvalue weighted by Gasteiger charge is 2.10. The summed E-state index contributed by atoms with van der Waals surface area (Å²) >= 11 is 5.94. The smallest absolute Gasteiger partial charge is 0.276 e. The third kappa shape index (κ3) is 6.49. The van der Waals surface area contributed by atoms with Crippen LogP contribution >= 0.6 is 11.6 Å². The number of hydrogen-bond acceptors (Lipinski definition) is 4. The zero-order valence-electron chi connectivity index (χ0n) is 15.5. The summed E-state index contributed by atoms with van der Waals surface area (Å²) in [4.78, 5) is 24.0. The molecular formula is C20H23ClN2O4. The lowest BCUT2D eigenvalue weighted by Crippen LogP contribution is -2.43. The largest absolute Gasteiger partial charge is 0.491 e. The van der Waals surface area contributed by atoms with Crippen LogP contribution in [-0.2, 0) is 4.79 Å². The molecule has 0 aromatic heterocycles. The van der Waals surface area contributed by atoms with Crippen LogP contribution in [0.4, 0.5) is 0 Å². The van der Waals surface area contributed by atoms with Gasteiger partial charge in [-0.3, -0.25) is 20.4 Å². The quantitative estimate of drug-likeness (QED) is 0.707. The van der Waals surface area contributed by atoms with E-state index < -0.39 is 11.8 Å². The number of ether oxygens (including phenoxy) is 2. The lowest BCUT2D eigenvalue weighted by Gasteiger charge is -2.13. The first kappa shape index (κ1) is 20.6. The van der Waals surface area contributed by atoms with Gasteiger partial charge in [0.25, 0.3) is 11.8 Å². The SMILES string of the molecule is CCC(C)Oc1cccc(C(=O)NNC(=O)COc2ccc(Cl)c(C)c2)c1. The molecule has 7 heteroatoms. The molecular weight excluding hydrogens is 368 g/mol. The van der Waals surface area contributed by atoms with Gasteiger partial charge in [0.15, 0.2) is 6.61 Å². The highest BCUT2D eigenvalue weighted by Crippen LogP contribution is 2.20. The molecule has 2 aromatic rings. The first-order valence-corrected chi connectivity index (χ1v) is 9.01. The van der Waals surface area contributed by atoms with Crippen molar-refractivity contribution in [2.75, 3.05) is 6.61 Å². The number of halogens is 1. The maximum atomic E-state index is 12.2. The van der Waals surface area contributed by atoms with E-state index >= 15 is 0 Å². The predicted molar refractivity (Wildman–Crippen MR) is 104 cm³/mol. The first-order valence-electron chi connectivity index (χ1n) is 8.64. The fraction of sp³-hybridized carbons (Fsp3) is 0.300. The second-order valence-corrected chi connectivity index (χ2v) is 6.47. The minimum absolute atomic E-state index is 0.0525. The lowest BCUT2D eigenvalue weighted by molar-refractivity contribution is -0.123. The third-order valence-corrected chi connectivity index (χ3v) is 4.25. The van der Waals surface area contributed by atoms with Crippen LogP contribution in [0, 0.1) is 6.92 Å². The molecule has 2 amide bonds. The normalized spacial score (nSPS) is 11.4. The zero-order valence-corrected chi connectivity index (χ0v) is 16.3. The summed E-state index contributed by atoms with van der Waals surface area (Å²) in [7, 11) is 0. The van der Waals surface area contributed by atoms with Crippen molar-refractivity contribution < 1.29 is 19.1 Å². The highest BCUT2D eigenvalue weighted by atomic mass is 35.5. The fourth-order valence-corrected chi connectivity index (χ4v) is 2.23. The van der Waals surface area contributed by atoms with Crippen LogP contribution in [0.25, 0.3) is 0 Å². The Kier molecular flexibility index (Phi) is 7.49. The van der Waals surface area contributed by atoms with Gasteiger partial charge in [0, 0.05) is 10.6 Å². The van der Waals surface area contributed by atoms with Crippen molar-refractivity contribution in [3.8, 4) is 11.5 Å². The number of nitrogens with one attached hydrogen (secondary N) is 2. The molecule has 0 saturated heterocycles. The minimum Gasteiger partial charge on any atom is -0.491 e. The summed E-state index contributed by atoms with van der Waals surface area (Å²) in [6, 6.07) is 11.9. The van der Waals surface area contributed by atoms with E-state index in [1.54, 1.807) is 42.5 Å². The summed E-state index contributed by atoms with van der Waals surface area (Å²) in [5.41, 5.74) is 5.90. The number of benzene rings is 2. The second-order valence-electron chi connectivity index (χ2n) is 6.07. The van der Waals surface area contributed by atoms with E-state index in [9.17, 15) is 9.59 Å². The van der Waals surface area contributed by atoms with Gasteiger partial charge in [0.05, 0.1) is 6.10 Å². The van der Waals surface area contributed by atoms with Gasteiger partial charge >= 0.3 is 0 Å². The van der Waals surface area contributed by atoms with E-state index in [0.717, 1.165) is 12.0 Å². The van der Waals surface area contributed by atoms with Crippen LogP contribution in [-0.4, -0.2) is 24.5 Å². The summed E-state index contributed by atoms with van der Waals surface area (Å²) in [5.74, 6) is 0.196. The molecule has 0 radical (unpaired) electrons. The zero-order chi connectivity index (χ0) is 19.8. The van der Waals surface area contributed by atoms with E-state index in [1.807, 2.05) is 20.8 Å². The monoisotopic (exact) mass is 390 g/mol. The Balaban J connectivity index is 1.83. The molecule has 0 heterocycles. The molecule has 0 fully saturated rings. The molecule has 2 N–H and O–H groups in total. The average molecular weight is 391 g/mol. The summed E-state index contributed by atoms with van der Waals surface area (Å²) < 4.78 is 11.1. The van der Waals surface area contributed by atoms with Gasteiger partial charge in [-0.2, -0.15) is 0 Å². The number of carbonyl (C=O) groups excluding carboxylic acids is 2. The van der Waals surface area contributed by atoms with Crippen molar-refractivity contribution in [2.24, 2.45) is 0 Å². The minimum atomic E-state index is -0.483. The Labute approximate surface area is 163 Å². The molecule has 1 atom stereocenters. The fourth-order valence-electron chi connectivity index (χ4n) is 2.12. The van der Waals surface area contributed by atoms with Gasteiger partial charge in [0.1, 0.15) is 11.5 Å². The molecule has 2 aromatic carbocycles. The number of carbonyl (C=O) groups is 2. The first-order chi connectivity index (χ1) is 12.9. The summed E-state index contributed by atoms with van der Waals surface area (Å²) in [6.07, 6.45) is 0.913. The summed E-state index contributed by atoms with van der Waals surface area (Å²) in [5, 5.41) is 0.624. The topological polar surface area (TPSA) is 76.7 Å². The van der Waals surface area contributed by atoms with Gasteiger partial charge in [-0.15, -0.1) is 0 Å². The number of aryl methyl sites for hydroxylation is 1. The number of hydrogen-bond donors (Lipinski definition) is 2. The molecule has 0 bridgehead atoms. The molecule has 0 aliphatic carbocycles. The standard InChI is InChI=1S/C20H23ClN2O4/c1-4-14(3)27-17-7-5-6-15(11-17)20(25)23-22-19(24)12-26-16-8-9-18(21)13(2)10-16/h5-11,14H,4,12H2,1-3H3,(H,22,24)(H,23,25). The average Bonchev–Trinajstić information content (AvgIpc) is 2.67. The summed E-state index contributed by atoms with van der Waals surface area (Å²) in [6.45, 7) is 5.58. The Bertz CT molecular complexity index is 810. The van der Waals surface area contributed by atoms with Crippen LogP contribution in [0.3, 0.4) is 0 Å². The predicted octanol–water partition coefficient (Wildman–Crippen LogP) is 3.67. The van der Waals surface area contributed by atoms with Crippen LogP contribution < -0.4 is 20.3 Å². The van der Waals surface area contributed by atoms with Gasteiger partial charge in [-0.1, -0.05) is 24.6 Å². The van der Waals surface area contributed by atoms with Crippen LogP contribution in [0.2, 0.25) is 5.02 Å². The maximum Gasteiger partial charge on any atom is 0.276 e. The number of rotatable bonds is 7. The molecule has 1 unspecified atom stereocenters. The molecule has 144 valence electrons. The van der Waals surface area contributed by atoms with E-state index in [2.05, 4.69) is 10.9 Å². The molecule has 2 rings (SSSR count). The van der Waals surface area contributed by atoms with Gasteiger partial charge < -0.3 is 9.47 Å². The number of hydrazine groups is 1. The van der Waals surface area contributed by atoms with Crippen LogP contribution in [0.15, 0.2) is 42.5 Å².